The van der Waals surface area contributed by atoms with Crippen LogP contribution in [-0.2, 0) is 0 Å². The summed E-state index contributed by atoms with van der Waals surface area (Å²) < 4.78 is 0. The summed E-state index contributed by atoms with van der Waals surface area (Å²) in [5.41, 5.74) is 1.00. The van der Waals surface area contributed by atoms with Crippen molar-refractivity contribution >= 4 is 44.8 Å². The number of benzene rings is 1. The van der Waals surface area contributed by atoms with Gasteiger partial charge in [0.2, 0.25) is 0 Å². The molecule has 2 rings (SSSR count). The number of carbonyl (C=O) groups is 1. The second-order valence-electron chi connectivity index (χ2n) is 3.48. The van der Waals surface area contributed by atoms with Crippen molar-refractivity contribution in [1.29, 1.82) is 0 Å². The lowest BCUT2D eigenvalue weighted by molar-refractivity contribution is 0.0995. The molecule has 0 bridgehead atoms. The first-order chi connectivity index (χ1) is 8.22. The number of alkyl halides is 1. The zero-order valence-corrected chi connectivity index (χ0v) is 12.4. The van der Waals surface area contributed by atoms with Crippen LogP contribution in [0.4, 0.5) is 0 Å². The fourth-order valence-corrected chi connectivity index (χ4v) is 3.27. The third-order valence-corrected chi connectivity index (χ3v) is 4.98. The highest BCUT2D eigenvalue weighted by Gasteiger charge is 2.19. The Morgan fingerprint density at radius 3 is 2.53 bits per heavy atom. The number of thiophene rings is 1. The van der Waals surface area contributed by atoms with Crippen LogP contribution in [0.25, 0.3) is 0 Å². The second kappa shape index (κ2) is 5.85. The molecule has 1 nitrogen and oxygen atoms in total. The molecular weight excluding hydrogens is 316 g/mol. The Morgan fingerprint density at radius 1 is 1.29 bits per heavy atom. The van der Waals surface area contributed by atoms with Crippen LogP contribution in [0, 0.1) is 0 Å². The van der Waals surface area contributed by atoms with Crippen LogP contribution >= 0.6 is 39.0 Å². The number of Topliss-reactive ketones (excluding diaryl/α,β-unsaturated/α-hetero) is 1. The topological polar surface area (TPSA) is 17.1 Å². The summed E-state index contributed by atoms with van der Waals surface area (Å²) in [4.78, 5) is 13.9. The molecule has 1 unspecified atom stereocenters. The predicted octanol–water partition coefficient (Wildman–Crippen LogP) is 4.79. The van der Waals surface area contributed by atoms with E-state index in [0.29, 0.717) is 0 Å². The van der Waals surface area contributed by atoms with E-state index in [1.54, 1.807) is 11.8 Å². The van der Waals surface area contributed by atoms with Gasteiger partial charge in [-0.2, -0.15) is 0 Å². The van der Waals surface area contributed by atoms with Gasteiger partial charge in [0.1, 0.15) is 4.83 Å². The minimum atomic E-state index is -0.253. The van der Waals surface area contributed by atoms with Crippen molar-refractivity contribution < 1.29 is 4.79 Å². The fraction of sp³-hybridized carbons (Fsp3) is 0.154. The van der Waals surface area contributed by atoms with Crippen molar-refractivity contribution in [2.45, 2.75) is 9.72 Å². The Balaban J connectivity index is 2.19. The molecule has 0 spiro atoms. The fourth-order valence-electron chi connectivity index (χ4n) is 1.47. The van der Waals surface area contributed by atoms with Gasteiger partial charge >= 0.3 is 0 Å². The van der Waals surface area contributed by atoms with Crippen molar-refractivity contribution in [2.75, 3.05) is 6.26 Å². The van der Waals surface area contributed by atoms with Gasteiger partial charge in [-0.15, -0.1) is 23.1 Å². The van der Waals surface area contributed by atoms with E-state index in [-0.39, 0.29) is 10.6 Å². The van der Waals surface area contributed by atoms with Crippen LogP contribution < -0.4 is 0 Å². The summed E-state index contributed by atoms with van der Waals surface area (Å²) in [7, 11) is 0. The Hall–Kier alpha value is -0.580. The van der Waals surface area contributed by atoms with Crippen LogP contribution in [0.1, 0.15) is 20.1 Å². The maximum atomic E-state index is 12.1. The van der Waals surface area contributed by atoms with E-state index in [4.69, 9.17) is 0 Å². The first-order valence-electron chi connectivity index (χ1n) is 5.08. The number of carbonyl (C=O) groups excluding carboxylic acids is 1. The van der Waals surface area contributed by atoms with E-state index in [9.17, 15) is 4.79 Å². The standard InChI is InChI=1S/C13H11BrOS2/c1-16-10-6-4-9(5-7-10)12(14)13(15)11-3-2-8-17-11/h2-8,12H,1H3. The highest BCUT2D eigenvalue weighted by atomic mass is 79.9. The predicted molar refractivity (Wildman–Crippen MR) is 78.5 cm³/mol. The van der Waals surface area contributed by atoms with Gasteiger partial charge in [0.25, 0.3) is 0 Å². The molecule has 1 aromatic heterocycles. The van der Waals surface area contributed by atoms with Gasteiger partial charge in [0.05, 0.1) is 4.88 Å². The Kier molecular flexibility index (Phi) is 4.42. The minimum Gasteiger partial charge on any atom is -0.292 e. The largest absolute Gasteiger partial charge is 0.292 e. The first kappa shape index (κ1) is 12.9. The van der Waals surface area contributed by atoms with Crippen LogP contribution in [-0.4, -0.2) is 12.0 Å². The molecule has 0 aliphatic carbocycles. The first-order valence-corrected chi connectivity index (χ1v) is 8.10. The molecule has 2 aromatic rings. The maximum Gasteiger partial charge on any atom is 0.190 e. The summed E-state index contributed by atoms with van der Waals surface area (Å²) >= 11 is 6.64. The van der Waals surface area contributed by atoms with Crippen LogP contribution in [0.3, 0.4) is 0 Å². The monoisotopic (exact) mass is 326 g/mol. The van der Waals surface area contributed by atoms with Crippen molar-refractivity contribution in [3.05, 3.63) is 52.2 Å². The number of hydrogen-bond acceptors (Lipinski definition) is 3. The number of halogens is 1. The second-order valence-corrected chi connectivity index (χ2v) is 6.22. The molecule has 1 heterocycles. The van der Waals surface area contributed by atoms with Crippen molar-refractivity contribution in [2.24, 2.45) is 0 Å². The van der Waals surface area contributed by atoms with Gasteiger partial charge in [0, 0.05) is 4.90 Å². The van der Waals surface area contributed by atoms with Crippen LogP contribution in [0.2, 0.25) is 0 Å². The van der Waals surface area contributed by atoms with Crippen LogP contribution in [0.15, 0.2) is 46.7 Å². The lowest BCUT2D eigenvalue weighted by atomic mass is 10.1. The van der Waals surface area contributed by atoms with E-state index in [1.165, 1.54) is 16.2 Å². The van der Waals surface area contributed by atoms with E-state index in [0.717, 1.165) is 10.4 Å². The van der Waals surface area contributed by atoms with Gasteiger partial charge in [-0.05, 0) is 35.4 Å². The molecule has 0 aliphatic heterocycles. The van der Waals surface area contributed by atoms with Gasteiger partial charge in [0.15, 0.2) is 5.78 Å². The van der Waals surface area contributed by atoms with Crippen molar-refractivity contribution in [3.8, 4) is 0 Å². The molecule has 0 saturated heterocycles. The number of thioether (sulfide) groups is 1. The van der Waals surface area contributed by atoms with Gasteiger partial charge < -0.3 is 0 Å². The molecule has 1 atom stereocenters. The molecule has 4 heteroatoms. The maximum absolute atomic E-state index is 12.1. The Morgan fingerprint density at radius 2 is 2.00 bits per heavy atom. The van der Waals surface area contributed by atoms with Gasteiger partial charge in [-0.25, -0.2) is 0 Å². The van der Waals surface area contributed by atoms with Crippen molar-refractivity contribution in [1.82, 2.24) is 0 Å². The average molecular weight is 327 g/mol. The van der Waals surface area contributed by atoms with E-state index in [1.807, 2.05) is 48.0 Å². The molecular formula is C13H11BrOS2. The summed E-state index contributed by atoms with van der Waals surface area (Å²) in [6, 6.07) is 11.8. The minimum absolute atomic E-state index is 0.122. The summed E-state index contributed by atoms with van der Waals surface area (Å²) in [6.07, 6.45) is 2.04. The zero-order valence-electron chi connectivity index (χ0n) is 9.22. The zero-order chi connectivity index (χ0) is 12.3. The smallest absolute Gasteiger partial charge is 0.190 e. The number of ketones is 1. The molecule has 0 radical (unpaired) electrons. The Labute approximate surface area is 117 Å². The lowest BCUT2D eigenvalue weighted by Gasteiger charge is -2.08. The SMILES string of the molecule is CSc1ccc(C(Br)C(=O)c2cccs2)cc1. The highest BCUT2D eigenvalue weighted by molar-refractivity contribution is 9.09. The third kappa shape index (κ3) is 3.00. The highest BCUT2D eigenvalue weighted by Crippen LogP contribution is 2.29. The van der Waals surface area contributed by atoms with E-state index in [2.05, 4.69) is 15.9 Å². The molecule has 1 aromatic carbocycles. The van der Waals surface area contributed by atoms with Crippen molar-refractivity contribution in [3.63, 3.8) is 0 Å². The summed E-state index contributed by atoms with van der Waals surface area (Å²) in [6.45, 7) is 0. The average Bonchev–Trinajstić information content (AvgIpc) is 2.91. The molecule has 0 N–H and O–H groups in total. The molecule has 88 valence electrons. The molecule has 0 amide bonds. The molecule has 0 aliphatic rings. The summed E-state index contributed by atoms with van der Waals surface area (Å²) in [5.74, 6) is 0.122. The molecule has 0 fully saturated rings. The molecule has 0 saturated carbocycles. The van der Waals surface area contributed by atoms with E-state index < -0.39 is 0 Å². The Bertz CT molecular complexity index is 491. The third-order valence-electron chi connectivity index (χ3n) is 2.40. The quantitative estimate of drug-likeness (QED) is 0.456. The molecule has 17 heavy (non-hydrogen) atoms. The number of rotatable bonds is 4. The number of hydrogen-bond donors (Lipinski definition) is 0. The van der Waals surface area contributed by atoms with Crippen LogP contribution in [0.5, 0.6) is 0 Å². The lowest BCUT2D eigenvalue weighted by Crippen LogP contribution is -2.04. The van der Waals surface area contributed by atoms with Gasteiger partial charge in [-0.3, -0.25) is 4.79 Å². The normalized spacial score (nSPS) is 12.4. The van der Waals surface area contributed by atoms with E-state index >= 15 is 0 Å². The van der Waals surface area contributed by atoms with Gasteiger partial charge in [-0.1, -0.05) is 34.1 Å². The summed E-state index contributed by atoms with van der Waals surface area (Å²) in [5, 5.41) is 1.92.